The molecule has 4 nitrogen and oxygen atoms in total. The number of nitrogens with one attached hydrogen (secondary N) is 1. The van der Waals surface area contributed by atoms with Gasteiger partial charge in [-0.1, -0.05) is 0 Å². The van der Waals surface area contributed by atoms with Crippen molar-refractivity contribution in [3.05, 3.63) is 53.1 Å². The molecule has 0 spiro atoms. The van der Waals surface area contributed by atoms with Crippen molar-refractivity contribution in [2.75, 3.05) is 11.8 Å². The minimum atomic E-state index is -3.99. The number of sulfonamides is 1. The lowest BCUT2D eigenvalue weighted by atomic mass is 10.1. The zero-order valence-corrected chi connectivity index (χ0v) is 13.1. The molecule has 22 heavy (non-hydrogen) atoms. The quantitative estimate of drug-likeness (QED) is 0.936. The summed E-state index contributed by atoms with van der Waals surface area (Å²) in [5.41, 5.74) is 0.855. The van der Waals surface area contributed by atoms with Crippen LogP contribution >= 0.6 is 0 Å². The summed E-state index contributed by atoms with van der Waals surface area (Å²) in [5, 5.41) is 0. The van der Waals surface area contributed by atoms with Gasteiger partial charge in [0, 0.05) is 6.07 Å². The molecular weight excluding hydrogens is 312 g/mol. The Labute approximate surface area is 127 Å². The van der Waals surface area contributed by atoms with Crippen LogP contribution in [0.1, 0.15) is 11.1 Å². The first-order valence-corrected chi connectivity index (χ1v) is 7.86. The summed E-state index contributed by atoms with van der Waals surface area (Å²) < 4.78 is 58.5. The number of methoxy groups -OCH3 is 1. The first-order chi connectivity index (χ1) is 10.3. The van der Waals surface area contributed by atoms with Gasteiger partial charge in [0.05, 0.1) is 17.7 Å². The molecule has 0 fully saturated rings. The zero-order valence-electron chi connectivity index (χ0n) is 12.3. The highest BCUT2D eigenvalue weighted by Crippen LogP contribution is 2.28. The third-order valence-corrected chi connectivity index (χ3v) is 4.88. The Morgan fingerprint density at radius 3 is 2.32 bits per heavy atom. The Kier molecular flexibility index (Phi) is 4.37. The van der Waals surface area contributed by atoms with E-state index in [1.165, 1.54) is 19.2 Å². The molecule has 2 aromatic rings. The van der Waals surface area contributed by atoms with E-state index in [1.54, 1.807) is 13.8 Å². The number of hydrogen-bond donors (Lipinski definition) is 1. The Morgan fingerprint density at radius 2 is 1.73 bits per heavy atom. The van der Waals surface area contributed by atoms with E-state index in [-0.39, 0.29) is 10.6 Å². The van der Waals surface area contributed by atoms with E-state index in [1.807, 2.05) is 0 Å². The van der Waals surface area contributed by atoms with E-state index in [4.69, 9.17) is 4.74 Å². The fourth-order valence-electron chi connectivity index (χ4n) is 2.06. The van der Waals surface area contributed by atoms with Gasteiger partial charge in [-0.3, -0.25) is 4.72 Å². The van der Waals surface area contributed by atoms with E-state index in [2.05, 4.69) is 4.72 Å². The van der Waals surface area contributed by atoms with Gasteiger partial charge in [0.2, 0.25) is 0 Å². The van der Waals surface area contributed by atoms with E-state index < -0.39 is 21.7 Å². The summed E-state index contributed by atoms with van der Waals surface area (Å²) in [6, 6.07) is 5.54. The number of anilines is 1. The molecule has 0 unspecified atom stereocenters. The molecule has 0 aliphatic heterocycles. The molecule has 2 aromatic carbocycles. The summed E-state index contributed by atoms with van der Waals surface area (Å²) in [7, 11) is -2.51. The number of hydrogen-bond acceptors (Lipinski definition) is 3. The number of rotatable bonds is 4. The van der Waals surface area contributed by atoms with Gasteiger partial charge < -0.3 is 4.74 Å². The van der Waals surface area contributed by atoms with Crippen LogP contribution in [0.5, 0.6) is 5.75 Å². The van der Waals surface area contributed by atoms with E-state index in [0.29, 0.717) is 22.9 Å². The largest absolute Gasteiger partial charge is 0.496 e. The summed E-state index contributed by atoms with van der Waals surface area (Å²) in [4.78, 5) is 0.00882. The second-order valence-electron chi connectivity index (χ2n) is 4.75. The van der Waals surface area contributed by atoms with Crippen LogP contribution in [-0.4, -0.2) is 15.5 Å². The monoisotopic (exact) mass is 327 g/mol. The van der Waals surface area contributed by atoms with Gasteiger partial charge >= 0.3 is 0 Å². The van der Waals surface area contributed by atoms with Gasteiger partial charge in [0.25, 0.3) is 10.0 Å². The number of ether oxygens (including phenoxy) is 1. The second kappa shape index (κ2) is 5.92. The predicted octanol–water partition coefficient (Wildman–Crippen LogP) is 3.39. The van der Waals surface area contributed by atoms with Crippen molar-refractivity contribution < 1.29 is 21.9 Å². The highest BCUT2D eigenvalue weighted by Gasteiger charge is 2.21. The fourth-order valence-corrected chi connectivity index (χ4v) is 3.42. The number of halogens is 2. The SMILES string of the molecule is COc1ccc(S(=O)(=O)Nc2ccc(F)cc2F)c(C)c1C. The third-order valence-electron chi connectivity index (χ3n) is 3.37. The maximum atomic E-state index is 13.6. The molecule has 0 aliphatic carbocycles. The Bertz CT molecular complexity index is 820. The molecule has 0 radical (unpaired) electrons. The Hall–Kier alpha value is -2.15. The molecule has 0 saturated carbocycles. The van der Waals surface area contributed by atoms with E-state index >= 15 is 0 Å². The van der Waals surface area contributed by atoms with Crippen LogP contribution in [0.15, 0.2) is 35.2 Å². The molecule has 1 N–H and O–H groups in total. The van der Waals surface area contributed by atoms with Gasteiger partial charge in [-0.15, -0.1) is 0 Å². The molecule has 0 aromatic heterocycles. The number of benzene rings is 2. The molecular formula is C15H15F2NO3S. The summed E-state index contributed by atoms with van der Waals surface area (Å²) in [6.45, 7) is 3.36. The predicted molar refractivity (Wildman–Crippen MR) is 79.6 cm³/mol. The smallest absolute Gasteiger partial charge is 0.262 e. The van der Waals surface area contributed by atoms with Crippen molar-refractivity contribution in [2.24, 2.45) is 0 Å². The Morgan fingerprint density at radius 1 is 1.05 bits per heavy atom. The first-order valence-electron chi connectivity index (χ1n) is 6.38. The van der Waals surface area contributed by atoms with E-state index in [0.717, 1.165) is 12.1 Å². The van der Waals surface area contributed by atoms with Gasteiger partial charge in [-0.25, -0.2) is 17.2 Å². The van der Waals surface area contributed by atoms with Gasteiger partial charge in [-0.2, -0.15) is 0 Å². The summed E-state index contributed by atoms with van der Waals surface area (Å²) >= 11 is 0. The van der Waals surface area contributed by atoms with Crippen LogP contribution in [0.4, 0.5) is 14.5 Å². The van der Waals surface area contributed by atoms with Gasteiger partial charge in [-0.05, 0) is 49.2 Å². The second-order valence-corrected chi connectivity index (χ2v) is 6.40. The molecule has 0 amide bonds. The molecule has 7 heteroatoms. The van der Waals surface area contributed by atoms with Crippen LogP contribution < -0.4 is 9.46 Å². The maximum Gasteiger partial charge on any atom is 0.262 e. The first kappa shape index (κ1) is 16.2. The van der Waals surface area contributed by atoms with Crippen LogP contribution in [0, 0.1) is 25.5 Å². The molecule has 0 atom stereocenters. The molecule has 0 bridgehead atoms. The molecule has 2 rings (SSSR count). The lowest BCUT2D eigenvalue weighted by molar-refractivity contribution is 0.410. The molecule has 0 heterocycles. The van der Waals surface area contributed by atoms with Crippen LogP contribution in [0.2, 0.25) is 0 Å². The average Bonchev–Trinajstić information content (AvgIpc) is 2.44. The highest BCUT2D eigenvalue weighted by atomic mass is 32.2. The van der Waals surface area contributed by atoms with Crippen molar-refractivity contribution in [3.63, 3.8) is 0 Å². The van der Waals surface area contributed by atoms with Crippen LogP contribution in [0.3, 0.4) is 0 Å². The third kappa shape index (κ3) is 3.04. The van der Waals surface area contributed by atoms with Gasteiger partial charge in [0.1, 0.15) is 17.4 Å². The van der Waals surface area contributed by atoms with Crippen molar-refractivity contribution >= 4 is 15.7 Å². The van der Waals surface area contributed by atoms with E-state index in [9.17, 15) is 17.2 Å². The Balaban J connectivity index is 2.45. The maximum absolute atomic E-state index is 13.6. The summed E-state index contributed by atoms with van der Waals surface area (Å²) in [5.74, 6) is -1.20. The van der Waals surface area contributed by atoms with Crippen molar-refractivity contribution in [1.82, 2.24) is 0 Å². The van der Waals surface area contributed by atoms with Crippen molar-refractivity contribution in [1.29, 1.82) is 0 Å². The van der Waals surface area contributed by atoms with Crippen LogP contribution in [-0.2, 0) is 10.0 Å². The minimum absolute atomic E-state index is 0.00882. The van der Waals surface area contributed by atoms with Crippen molar-refractivity contribution in [3.8, 4) is 5.75 Å². The normalized spacial score (nSPS) is 11.3. The van der Waals surface area contributed by atoms with Gasteiger partial charge in [0.15, 0.2) is 0 Å². The lowest BCUT2D eigenvalue weighted by Crippen LogP contribution is -2.16. The average molecular weight is 327 g/mol. The van der Waals surface area contributed by atoms with Crippen LogP contribution in [0.25, 0.3) is 0 Å². The highest BCUT2D eigenvalue weighted by molar-refractivity contribution is 7.92. The molecule has 0 saturated heterocycles. The summed E-state index contributed by atoms with van der Waals surface area (Å²) in [6.07, 6.45) is 0. The van der Waals surface area contributed by atoms with Crippen molar-refractivity contribution in [2.45, 2.75) is 18.7 Å². The standard InChI is InChI=1S/C15H15F2NO3S/c1-9-10(2)15(7-6-14(9)21-3)22(19,20)18-13-5-4-11(16)8-12(13)17/h4-8,18H,1-3H3. The molecule has 118 valence electrons. The fraction of sp³-hybridized carbons (Fsp3) is 0.200. The lowest BCUT2D eigenvalue weighted by Gasteiger charge is -2.14. The minimum Gasteiger partial charge on any atom is -0.496 e. The zero-order chi connectivity index (χ0) is 16.5. The topological polar surface area (TPSA) is 55.4 Å². The molecule has 0 aliphatic rings.